The van der Waals surface area contributed by atoms with Crippen molar-refractivity contribution >= 4 is 5.71 Å². The van der Waals surface area contributed by atoms with Crippen LogP contribution < -0.4 is 5.32 Å². The summed E-state index contributed by atoms with van der Waals surface area (Å²) in [5.41, 5.74) is 4.93. The molecule has 0 unspecified atom stereocenters. The van der Waals surface area contributed by atoms with Gasteiger partial charge in [-0.25, -0.2) is 0 Å². The van der Waals surface area contributed by atoms with Crippen LogP contribution in [0.1, 0.15) is 25.7 Å². The van der Waals surface area contributed by atoms with E-state index in [9.17, 15) is 0 Å². The van der Waals surface area contributed by atoms with Crippen LogP contribution in [0.4, 0.5) is 0 Å². The summed E-state index contributed by atoms with van der Waals surface area (Å²) in [6, 6.07) is 0. The molecular formula is C17H18N2. The molecule has 0 aromatic carbocycles. The van der Waals surface area contributed by atoms with Crippen LogP contribution in [0.3, 0.4) is 0 Å². The molecule has 1 aliphatic heterocycles. The van der Waals surface area contributed by atoms with Gasteiger partial charge in [0.2, 0.25) is 0 Å². The highest BCUT2D eigenvalue weighted by atomic mass is 14.9. The zero-order valence-corrected chi connectivity index (χ0v) is 11.0. The number of hydrogen-bond acceptors (Lipinski definition) is 2. The maximum atomic E-state index is 4.54. The Hall–Kier alpha value is -2.09. The van der Waals surface area contributed by atoms with E-state index in [1.807, 2.05) is 12.4 Å². The van der Waals surface area contributed by atoms with Crippen molar-refractivity contribution in [3.63, 3.8) is 0 Å². The molecule has 0 spiro atoms. The van der Waals surface area contributed by atoms with Gasteiger partial charge in [0, 0.05) is 18.1 Å². The third-order valence-electron chi connectivity index (χ3n) is 3.51. The highest BCUT2D eigenvalue weighted by Gasteiger charge is 2.12. The SMILES string of the molecule is C1=CCCC(C2=CC(C3=CC=CCC3)=NC=CN2)=C1. The second-order valence-electron chi connectivity index (χ2n) is 4.85. The van der Waals surface area contributed by atoms with Gasteiger partial charge < -0.3 is 5.32 Å². The fourth-order valence-electron chi connectivity index (χ4n) is 2.46. The molecule has 1 heterocycles. The molecule has 0 amide bonds. The first kappa shape index (κ1) is 12.0. The summed E-state index contributed by atoms with van der Waals surface area (Å²) in [5.74, 6) is 0. The van der Waals surface area contributed by atoms with Crippen LogP contribution in [0.5, 0.6) is 0 Å². The third kappa shape index (κ3) is 2.84. The Morgan fingerprint density at radius 2 is 1.68 bits per heavy atom. The monoisotopic (exact) mass is 250 g/mol. The van der Waals surface area contributed by atoms with Gasteiger partial charge in [-0.3, -0.25) is 4.99 Å². The van der Waals surface area contributed by atoms with Crippen LogP contribution >= 0.6 is 0 Å². The number of nitrogens with zero attached hydrogens (tertiary/aromatic N) is 1. The van der Waals surface area contributed by atoms with Gasteiger partial charge in [0.25, 0.3) is 0 Å². The maximum absolute atomic E-state index is 4.54. The molecular weight excluding hydrogens is 232 g/mol. The molecule has 0 aromatic rings. The fraction of sp³-hybridized carbons (Fsp3) is 0.235. The maximum Gasteiger partial charge on any atom is 0.0683 e. The summed E-state index contributed by atoms with van der Waals surface area (Å²) >= 11 is 0. The van der Waals surface area contributed by atoms with Gasteiger partial charge >= 0.3 is 0 Å². The Morgan fingerprint density at radius 1 is 0.947 bits per heavy atom. The number of nitrogens with one attached hydrogen (secondary N) is 1. The van der Waals surface area contributed by atoms with E-state index in [1.165, 1.54) is 16.8 Å². The first-order valence-corrected chi connectivity index (χ1v) is 6.87. The molecule has 19 heavy (non-hydrogen) atoms. The van der Waals surface area contributed by atoms with Crippen molar-refractivity contribution in [3.8, 4) is 0 Å². The molecule has 0 fully saturated rings. The second kappa shape index (κ2) is 5.70. The molecule has 2 heteroatoms. The average molecular weight is 250 g/mol. The Balaban J connectivity index is 1.91. The van der Waals surface area contributed by atoms with Gasteiger partial charge in [-0.2, -0.15) is 0 Å². The lowest BCUT2D eigenvalue weighted by atomic mass is 9.96. The van der Waals surface area contributed by atoms with Gasteiger partial charge in [-0.15, -0.1) is 0 Å². The molecule has 0 saturated carbocycles. The van der Waals surface area contributed by atoms with Crippen molar-refractivity contribution in [2.45, 2.75) is 25.7 Å². The van der Waals surface area contributed by atoms with Crippen molar-refractivity contribution in [2.24, 2.45) is 4.99 Å². The van der Waals surface area contributed by atoms with Crippen LogP contribution in [0.15, 0.2) is 76.8 Å². The number of rotatable bonds is 2. The Kier molecular flexibility index (Phi) is 3.59. The largest absolute Gasteiger partial charge is 0.360 e. The lowest BCUT2D eigenvalue weighted by molar-refractivity contribution is 0.925. The van der Waals surface area contributed by atoms with Gasteiger partial charge in [0.05, 0.1) is 5.71 Å². The van der Waals surface area contributed by atoms with E-state index >= 15 is 0 Å². The second-order valence-corrected chi connectivity index (χ2v) is 4.85. The lowest BCUT2D eigenvalue weighted by Gasteiger charge is -2.14. The summed E-state index contributed by atoms with van der Waals surface area (Å²) in [4.78, 5) is 4.54. The number of allylic oxidation sites excluding steroid dienone is 9. The van der Waals surface area contributed by atoms with Crippen LogP contribution in [0.25, 0.3) is 0 Å². The van der Waals surface area contributed by atoms with E-state index in [1.54, 1.807) is 0 Å². The molecule has 0 aromatic heterocycles. The predicted molar refractivity (Wildman–Crippen MR) is 80.7 cm³/mol. The minimum atomic E-state index is 1.08. The average Bonchev–Trinajstić information content (AvgIpc) is 2.75. The minimum Gasteiger partial charge on any atom is -0.360 e. The molecule has 0 radical (unpaired) electrons. The molecule has 2 nitrogen and oxygen atoms in total. The van der Waals surface area contributed by atoms with Crippen molar-refractivity contribution in [3.05, 3.63) is 71.8 Å². The Labute approximate surface area is 114 Å². The van der Waals surface area contributed by atoms with Crippen molar-refractivity contribution in [1.29, 1.82) is 0 Å². The smallest absolute Gasteiger partial charge is 0.0683 e. The summed E-state index contributed by atoms with van der Waals surface area (Å²) in [5, 5.41) is 3.34. The van der Waals surface area contributed by atoms with E-state index in [4.69, 9.17) is 0 Å². The molecule has 0 saturated heterocycles. The molecule has 0 atom stereocenters. The summed E-state index contributed by atoms with van der Waals surface area (Å²) in [7, 11) is 0. The third-order valence-corrected chi connectivity index (χ3v) is 3.51. The van der Waals surface area contributed by atoms with Gasteiger partial charge in [0.1, 0.15) is 0 Å². The highest BCUT2D eigenvalue weighted by Crippen LogP contribution is 2.22. The minimum absolute atomic E-state index is 1.08. The zero-order valence-electron chi connectivity index (χ0n) is 11.0. The molecule has 1 N–H and O–H groups in total. The predicted octanol–water partition coefficient (Wildman–Crippen LogP) is 3.94. The normalized spacial score (nSPS) is 21.9. The van der Waals surface area contributed by atoms with Gasteiger partial charge in [-0.05, 0) is 42.9 Å². The standard InChI is InChI=1S/C17H18N2/c1-3-7-14(8-4-1)16-13-17(19-12-11-18-16)15-9-5-2-6-10-15/h1-3,5,7,9,11-13,18H,4,6,8,10H2. The fourth-order valence-corrected chi connectivity index (χ4v) is 2.46. The lowest BCUT2D eigenvalue weighted by Crippen LogP contribution is -2.10. The molecule has 3 aliphatic rings. The highest BCUT2D eigenvalue weighted by molar-refractivity contribution is 6.09. The molecule has 3 rings (SSSR count). The van der Waals surface area contributed by atoms with E-state index in [0.29, 0.717) is 0 Å². The first-order valence-electron chi connectivity index (χ1n) is 6.87. The van der Waals surface area contributed by atoms with E-state index in [2.05, 4.69) is 52.8 Å². The Morgan fingerprint density at radius 3 is 2.37 bits per heavy atom. The summed E-state index contributed by atoms with van der Waals surface area (Å²) < 4.78 is 0. The van der Waals surface area contributed by atoms with Crippen LogP contribution in [-0.4, -0.2) is 5.71 Å². The topological polar surface area (TPSA) is 24.4 Å². The quantitative estimate of drug-likeness (QED) is 0.788. The van der Waals surface area contributed by atoms with Crippen LogP contribution in [-0.2, 0) is 0 Å². The summed E-state index contributed by atoms with van der Waals surface area (Å²) in [6.07, 6.45) is 23.4. The number of hydrogen-bond donors (Lipinski definition) is 1. The van der Waals surface area contributed by atoms with E-state index in [-0.39, 0.29) is 0 Å². The Bertz CT molecular complexity index is 566. The van der Waals surface area contributed by atoms with Crippen molar-refractivity contribution < 1.29 is 0 Å². The van der Waals surface area contributed by atoms with Gasteiger partial charge in [-0.1, -0.05) is 36.5 Å². The van der Waals surface area contributed by atoms with E-state index < -0.39 is 0 Å². The van der Waals surface area contributed by atoms with Crippen molar-refractivity contribution in [1.82, 2.24) is 5.32 Å². The number of aliphatic imine (C=N–C) groups is 1. The van der Waals surface area contributed by atoms with Crippen LogP contribution in [0.2, 0.25) is 0 Å². The van der Waals surface area contributed by atoms with E-state index in [0.717, 1.165) is 31.4 Å². The molecule has 2 aliphatic carbocycles. The zero-order chi connectivity index (χ0) is 12.9. The molecule has 0 bridgehead atoms. The first-order chi connectivity index (χ1) is 9.43. The van der Waals surface area contributed by atoms with Gasteiger partial charge in [0.15, 0.2) is 0 Å². The molecule has 96 valence electrons. The summed E-state index contributed by atoms with van der Waals surface area (Å²) in [6.45, 7) is 0. The van der Waals surface area contributed by atoms with Crippen LogP contribution in [0, 0.1) is 0 Å². The van der Waals surface area contributed by atoms with Crippen molar-refractivity contribution in [2.75, 3.05) is 0 Å².